The Morgan fingerprint density at radius 3 is 2.72 bits per heavy atom. The summed E-state index contributed by atoms with van der Waals surface area (Å²) in [4.78, 5) is 36.2. The van der Waals surface area contributed by atoms with Gasteiger partial charge in [-0.1, -0.05) is 18.2 Å². The van der Waals surface area contributed by atoms with Crippen molar-refractivity contribution in [1.29, 1.82) is 0 Å². The standard InChI is InChI=1S/C17H14FN3O4/c18-11-4-3-5-13(8-11)20-10-12(9-16(20)22)19-17(23)14-6-1-2-7-15(14)21(24)25/h1-8,12H,9-10H2,(H,19,23). The Bertz CT molecular complexity index is 855. The van der Waals surface area contributed by atoms with Gasteiger partial charge in [0.2, 0.25) is 5.91 Å². The molecule has 1 saturated heterocycles. The Morgan fingerprint density at radius 1 is 1.24 bits per heavy atom. The van der Waals surface area contributed by atoms with E-state index in [4.69, 9.17) is 0 Å². The lowest BCUT2D eigenvalue weighted by molar-refractivity contribution is -0.385. The summed E-state index contributed by atoms with van der Waals surface area (Å²) in [5.41, 5.74) is 0.0444. The number of nitrogens with zero attached hydrogens (tertiary/aromatic N) is 2. The summed E-state index contributed by atoms with van der Waals surface area (Å²) < 4.78 is 13.3. The molecule has 0 aliphatic carbocycles. The second kappa shape index (κ2) is 6.68. The van der Waals surface area contributed by atoms with Crippen molar-refractivity contribution in [2.45, 2.75) is 12.5 Å². The maximum absolute atomic E-state index is 13.3. The highest BCUT2D eigenvalue weighted by molar-refractivity contribution is 6.00. The Morgan fingerprint density at radius 2 is 2.00 bits per heavy atom. The fraction of sp³-hybridized carbons (Fsp3) is 0.176. The van der Waals surface area contributed by atoms with E-state index in [9.17, 15) is 24.1 Å². The fourth-order valence-corrected chi connectivity index (χ4v) is 2.79. The molecule has 3 rings (SSSR count). The van der Waals surface area contributed by atoms with Crippen molar-refractivity contribution in [3.63, 3.8) is 0 Å². The largest absolute Gasteiger partial charge is 0.347 e. The maximum atomic E-state index is 13.3. The number of carbonyl (C=O) groups excluding carboxylic acids is 2. The van der Waals surface area contributed by atoms with Gasteiger partial charge in [0, 0.05) is 24.7 Å². The quantitative estimate of drug-likeness (QED) is 0.681. The van der Waals surface area contributed by atoms with Crippen LogP contribution in [0.15, 0.2) is 48.5 Å². The molecule has 128 valence electrons. The molecule has 1 aliphatic rings. The molecule has 25 heavy (non-hydrogen) atoms. The van der Waals surface area contributed by atoms with Gasteiger partial charge < -0.3 is 10.2 Å². The summed E-state index contributed by atoms with van der Waals surface area (Å²) >= 11 is 0. The molecule has 2 aromatic rings. The minimum absolute atomic E-state index is 0.0445. The zero-order chi connectivity index (χ0) is 18.0. The van der Waals surface area contributed by atoms with Gasteiger partial charge in [-0.2, -0.15) is 0 Å². The Labute approximate surface area is 142 Å². The molecule has 1 fully saturated rings. The number of rotatable bonds is 4. The van der Waals surface area contributed by atoms with E-state index in [1.54, 1.807) is 6.07 Å². The third-order valence-electron chi connectivity index (χ3n) is 3.93. The molecule has 0 bridgehead atoms. The number of carbonyl (C=O) groups is 2. The summed E-state index contributed by atoms with van der Waals surface area (Å²) in [5.74, 6) is -1.33. The number of nitrogens with one attached hydrogen (secondary N) is 1. The SMILES string of the molecule is O=C(NC1CC(=O)N(c2cccc(F)c2)C1)c1ccccc1[N+](=O)[O-]. The summed E-state index contributed by atoms with van der Waals surface area (Å²) in [6.07, 6.45) is 0.0445. The highest BCUT2D eigenvalue weighted by Crippen LogP contribution is 2.23. The van der Waals surface area contributed by atoms with Crippen LogP contribution < -0.4 is 10.2 Å². The third-order valence-corrected chi connectivity index (χ3v) is 3.93. The molecule has 1 aliphatic heterocycles. The van der Waals surface area contributed by atoms with Gasteiger partial charge in [0.25, 0.3) is 11.6 Å². The molecule has 2 aromatic carbocycles. The van der Waals surface area contributed by atoms with E-state index in [0.717, 1.165) is 0 Å². The Kier molecular flexibility index (Phi) is 4.42. The van der Waals surface area contributed by atoms with E-state index in [2.05, 4.69) is 5.32 Å². The summed E-state index contributed by atoms with van der Waals surface area (Å²) in [5, 5.41) is 13.6. The van der Waals surface area contributed by atoms with E-state index in [0.29, 0.717) is 5.69 Å². The normalized spacial score (nSPS) is 16.8. The molecule has 1 N–H and O–H groups in total. The Hall–Kier alpha value is -3.29. The Balaban J connectivity index is 1.74. The van der Waals surface area contributed by atoms with Gasteiger partial charge in [-0.05, 0) is 24.3 Å². The van der Waals surface area contributed by atoms with Gasteiger partial charge >= 0.3 is 0 Å². The number of anilines is 1. The number of nitro benzene ring substituents is 1. The molecule has 2 amide bonds. The summed E-state index contributed by atoms with van der Waals surface area (Å²) in [6.45, 7) is 0.175. The van der Waals surface area contributed by atoms with E-state index < -0.39 is 22.7 Å². The van der Waals surface area contributed by atoms with Crippen molar-refractivity contribution >= 4 is 23.2 Å². The molecule has 8 heteroatoms. The zero-order valence-electron chi connectivity index (χ0n) is 13.0. The number of para-hydroxylation sites is 1. The van der Waals surface area contributed by atoms with Crippen LogP contribution in [0.4, 0.5) is 15.8 Å². The molecule has 0 radical (unpaired) electrons. The van der Waals surface area contributed by atoms with Gasteiger partial charge in [0.1, 0.15) is 11.4 Å². The lowest BCUT2D eigenvalue weighted by Gasteiger charge is -2.17. The number of hydrogen-bond acceptors (Lipinski definition) is 4. The molecular weight excluding hydrogens is 329 g/mol. The van der Waals surface area contributed by atoms with Crippen molar-refractivity contribution in [2.24, 2.45) is 0 Å². The first kappa shape index (κ1) is 16.6. The number of benzene rings is 2. The second-order valence-corrected chi connectivity index (χ2v) is 5.63. The third kappa shape index (κ3) is 3.47. The highest BCUT2D eigenvalue weighted by atomic mass is 19.1. The second-order valence-electron chi connectivity index (χ2n) is 5.63. The molecule has 0 aromatic heterocycles. The first-order valence-corrected chi connectivity index (χ1v) is 7.56. The van der Waals surface area contributed by atoms with Crippen LogP contribution in [0.25, 0.3) is 0 Å². The van der Waals surface area contributed by atoms with E-state index in [-0.39, 0.29) is 30.1 Å². The first-order chi connectivity index (χ1) is 12.0. The minimum atomic E-state index is -0.631. The molecule has 1 unspecified atom stereocenters. The van der Waals surface area contributed by atoms with E-state index >= 15 is 0 Å². The maximum Gasteiger partial charge on any atom is 0.282 e. The van der Waals surface area contributed by atoms with Crippen LogP contribution in [-0.2, 0) is 4.79 Å². The minimum Gasteiger partial charge on any atom is -0.347 e. The van der Waals surface area contributed by atoms with Crippen LogP contribution in [0.3, 0.4) is 0 Å². The van der Waals surface area contributed by atoms with Crippen LogP contribution in [0, 0.1) is 15.9 Å². The first-order valence-electron chi connectivity index (χ1n) is 7.56. The van der Waals surface area contributed by atoms with Gasteiger partial charge in [-0.3, -0.25) is 19.7 Å². The predicted molar refractivity (Wildman–Crippen MR) is 87.7 cm³/mol. The number of amides is 2. The smallest absolute Gasteiger partial charge is 0.282 e. The van der Waals surface area contributed by atoms with Gasteiger partial charge in [0.05, 0.1) is 11.0 Å². The number of halogens is 1. The van der Waals surface area contributed by atoms with Crippen LogP contribution in [0.2, 0.25) is 0 Å². The van der Waals surface area contributed by atoms with Gasteiger partial charge in [0.15, 0.2) is 0 Å². The summed E-state index contributed by atoms with van der Waals surface area (Å²) in [7, 11) is 0. The average molecular weight is 343 g/mol. The number of nitro groups is 1. The van der Waals surface area contributed by atoms with Crippen LogP contribution in [0.5, 0.6) is 0 Å². The van der Waals surface area contributed by atoms with Crippen molar-refractivity contribution in [3.8, 4) is 0 Å². The van der Waals surface area contributed by atoms with Crippen LogP contribution in [0.1, 0.15) is 16.8 Å². The van der Waals surface area contributed by atoms with Crippen molar-refractivity contribution in [2.75, 3.05) is 11.4 Å². The molecule has 1 atom stereocenters. The highest BCUT2D eigenvalue weighted by Gasteiger charge is 2.33. The van der Waals surface area contributed by atoms with E-state index in [1.165, 1.54) is 47.4 Å². The molecule has 1 heterocycles. The van der Waals surface area contributed by atoms with E-state index in [1.807, 2.05) is 0 Å². The average Bonchev–Trinajstić information content (AvgIpc) is 2.95. The topological polar surface area (TPSA) is 92.6 Å². The van der Waals surface area contributed by atoms with Crippen molar-refractivity contribution in [1.82, 2.24) is 5.32 Å². The molecule has 7 nitrogen and oxygen atoms in total. The van der Waals surface area contributed by atoms with Crippen LogP contribution >= 0.6 is 0 Å². The number of hydrogen-bond donors (Lipinski definition) is 1. The predicted octanol–water partition coefficient (Wildman–Crippen LogP) is 2.27. The lowest BCUT2D eigenvalue weighted by Crippen LogP contribution is -2.37. The molecule has 0 saturated carbocycles. The molecule has 0 spiro atoms. The lowest BCUT2D eigenvalue weighted by atomic mass is 10.1. The van der Waals surface area contributed by atoms with Gasteiger partial charge in [-0.15, -0.1) is 0 Å². The van der Waals surface area contributed by atoms with Crippen molar-refractivity contribution < 1.29 is 18.9 Å². The van der Waals surface area contributed by atoms with Crippen LogP contribution in [-0.4, -0.2) is 29.3 Å². The summed E-state index contributed by atoms with van der Waals surface area (Å²) in [6, 6.07) is 10.7. The van der Waals surface area contributed by atoms with Gasteiger partial charge in [-0.25, -0.2) is 4.39 Å². The monoisotopic (exact) mass is 343 g/mol. The molecular formula is C17H14FN3O4. The zero-order valence-corrected chi connectivity index (χ0v) is 13.0. The fourth-order valence-electron chi connectivity index (χ4n) is 2.79. The van der Waals surface area contributed by atoms with Crippen molar-refractivity contribution in [3.05, 3.63) is 70.0 Å².